The van der Waals surface area contributed by atoms with Gasteiger partial charge < -0.3 is 0 Å². The molecule has 102 valence electrons. The van der Waals surface area contributed by atoms with E-state index in [0.717, 1.165) is 18.7 Å². The van der Waals surface area contributed by atoms with Crippen molar-refractivity contribution in [3.63, 3.8) is 0 Å². The van der Waals surface area contributed by atoms with Crippen LogP contribution in [0.5, 0.6) is 0 Å². The van der Waals surface area contributed by atoms with E-state index < -0.39 is 0 Å². The van der Waals surface area contributed by atoms with Crippen molar-refractivity contribution < 1.29 is 0 Å². The van der Waals surface area contributed by atoms with Crippen molar-refractivity contribution in [3.05, 3.63) is 41.7 Å². The van der Waals surface area contributed by atoms with Crippen molar-refractivity contribution in [2.24, 2.45) is 4.99 Å². The highest BCUT2D eigenvalue weighted by Gasteiger charge is 1.89. The van der Waals surface area contributed by atoms with Crippen LogP contribution in [0.3, 0.4) is 0 Å². The standard InChI is InChI=1S/C6H9N.C6H7N.2C2H6/c1-6-2-4-7-5-3-6;1-6-4-2-3-5-7-6;2*1-2/h2,4H,3,5H2,1H3;2-5H,1H3;2*1-2H3. The Balaban J connectivity index is 0. The maximum atomic E-state index is 4.03. The first-order valence-electron chi connectivity index (χ1n) is 6.82. The van der Waals surface area contributed by atoms with Gasteiger partial charge in [-0.15, -0.1) is 0 Å². The molecule has 0 fully saturated rings. The molecule has 0 aliphatic carbocycles. The Labute approximate surface area is 113 Å². The van der Waals surface area contributed by atoms with Crippen molar-refractivity contribution in [2.45, 2.75) is 48.0 Å². The molecule has 0 saturated carbocycles. The minimum Gasteiger partial charge on any atom is -0.293 e. The minimum atomic E-state index is 0.988. The van der Waals surface area contributed by atoms with Crippen molar-refractivity contribution in [2.75, 3.05) is 6.54 Å². The van der Waals surface area contributed by atoms with Gasteiger partial charge in [0.1, 0.15) is 0 Å². The summed E-state index contributed by atoms with van der Waals surface area (Å²) in [7, 11) is 0. The van der Waals surface area contributed by atoms with Crippen LogP contribution in [0.25, 0.3) is 0 Å². The number of allylic oxidation sites excluding steroid dienone is 1. The van der Waals surface area contributed by atoms with Crippen LogP contribution in [0.2, 0.25) is 0 Å². The van der Waals surface area contributed by atoms with Crippen LogP contribution in [0.1, 0.15) is 46.7 Å². The Morgan fingerprint density at radius 3 is 1.89 bits per heavy atom. The molecule has 0 radical (unpaired) electrons. The molecule has 1 aliphatic rings. The van der Waals surface area contributed by atoms with Crippen LogP contribution in [0.4, 0.5) is 0 Å². The Bertz CT molecular complexity index is 313. The fourth-order valence-corrected chi connectivity index (χ4v) is 1.03. The average Bonchev–Trinajstić information content (AvgIpc) is 2.46. The summed E-state index contributed by atoms with van der Waals surface area (Å²) in [5.41, 5.74) is 2.51. The van der Waals surface area contributed by atoms with E-state index in [1.165, 1.54) is 5.57 Å². The minimum absolute atomic E-state index is 0.988. The van der Waals surface area contributed by atoms with Gasteiger partial charge in [0.2, 0.25) is 0 Å². The SMILES string of the molecule is CC.CC.CC1=CC=NCC1.Cc1ccccn1. The van der Waals surface area contributed by atoms with Gasteiger partial charge in [-0.2, -0.15) is 0 Å². The maximum Gasteiger partial charge on any atom is 0.0426 e. The summed E-state index contributed by atoms with van der Waals surface area (Å²) in [5, 5.41) is 0. The quantitative estimate of drug-likeness (QED) is 0.644. The molecule has 0 N–H and O–H groups in total. The Hall–Kier alpha value is -1.44. The lowest BCUT2D eigenvalue weighted by molar-refractivity contribution is 0.943. The van der Waals surface area contributed by atoms with Gasteiger partial charge in [0.25, 0.3) is 0 Å². The van der Waals surface area contributed by atoms with Gasteiger partial charge >= 0.3 is 0 Å². The zero-order chi connectivity index (χ0) is 14.2. The molecule has 1 aromatic heterocycles. The van der Waals surface area contributed by atoms with Crippen molar-refractivity contribution in [1.29, 1.82) is 0 Å². The number of aromatic nitrogens is 1. The van der Waals surface area contributed by atoms with E-state index in [9.17, 15) is 0 Å². The molecule has 0 unspecified atom stereocenters. The molecule has 2 heterocycles. The molecule has 18 heavy (non-hydrogen) atoms. The first kappa shape index (κ1) is 18.9. The Morgan fingerprint density at radius 2 is 1.67 bits per heavy atom. The summed E-state index contributed by atoms with van der Waals surface area (Å²) in [6.07, 6.45) is 6.87. The number of aliphatic imine (C=N–C) groups is 1. The number of pyridine rings is 1. The summed E-state index contributed by atoms with van der Waals surface area (Å²) in [5.74, 6) is 0. The summed E-state index contributed by atoms with van der Waals surface area (Å²) in [4.78, 5) is 8.01. The second kappa shape index (κ2) is 15.6. The van der Waals surface area contributed by atoms with Crippen LogP contribution in [0.15, 0.2) is 41.0 Å². The summed E-state index contributed by atoms with van der Waals surface area (Å²) < 4.78 is 0. The first-order chi connectivity index (χ1) is 8.79. The molecule has 0 aromatic carbocycles. The molecule has 0 atom stereocenters. The largest absolute Gasteiger partial charge is 0.293 e. The van der Waals surface area contributed by atoms with E-state index in [-0.39, 0.29) is 0 Å². The lowest BCUT2D eigenvalue weighted by Crippen LogP contribution is -1.89. The number of hydrogen-bond donors (Lipinski definition) is 0. The lowest BCUT2D eigenvalue weighted by Gasteiger charge is -1.98. The molecule has 0 spiro atoms. The molecular weight excluding hydrogens is 220 g/mol. The highest BCUT2D eigenvalue weighted by atomic mass is 14.7. The highest BCUT2D eigenvalue weighted by Crippen LogP contribution is 2.01. The third-order valence-electron chi connectivity index (χ3n) is 1.91. The second-order valence-corrected chi connectivity index (χ2v) is 3.29. The average molecular weight is 248 g/mol. The summed E-state index contributed by atoms with van der Waals surface area (Å²) in [6, 6.07) is 5.86. The van der Waals surface area contributed by atoms with E-state index in [4.69, 9.17) is 0 Å². The monoisotopic (exact) mass is 248 g/mol. The van der Waals surface area contributed by atoms with Gasteiger partial charge in [0.05, 0.1) is 0 Å². The van der Waals surface area contributed by atoms with E-state index >= 15 is 0 Å². The molecule has 0 bridgehead atoms. The summed E-state index contributed by atoms with van der Waals surface area (Å²) >= 11 is 0. The van der Waals surface area contributed by atoms with Crippen LogP contribution >= 0.6 is 0 Å². The van der Waals surface area contributed by atoms with Gasteiger partial charge in [-0.25, -0.2) is 0 Å². The molecular formula is C16H28N2. The maximum absolute atomic E-state index is 4.03. The number of nitrogens with zero attached hydrogens (tertiary/aromatic N) is 2. The molecule has 2 rings (SSSR count). The third kappa shape index (κ3) is 12.6. The van der Waals surface area contributed by atoms with Crippen molar-refractivity contribution in [3.8, 4) is 0 Å². The van der Waals surface area contributed by atoms with Gasteiger partial charge in [-0.3, -0.25) is 9.98 Å². The van der Waals surface area contributed by atoms with E-state index in [1.54, 1.807) is 6.20 Å². The van der Waals surface area contributed by atoms with Crippen LogP contribution in [0, 0.1) is 6.92 Å². The Morgan fingerprint density at radius 1 is 1.00 bits per heavy atom. The smallest absolute Gasteiger partial charge is 0.0426 e. The van der Waals surface area contributed by atoms with E-state index in [2.05, 4.69) is 23.0 Å². The van der Waals surface area contributed by atoms with Crippen LogP contribution in [-0.2, 0) is 0 Å². The number of dihydropyridines is 1. The third-order valence-corrected chi connectivity index (χ3v) is 1.91. The fraction of sp³-hybridized carbons (Fsp3) is 0.500. The molecule has 1 aromatic rings. The molecule has 0 saturated heterocycles. The molecule has 2 nitrogen and oxygen atoms in total. The van der Waals surface area contributed by atoms with E-state index in [0.29, 0.717) is 0 Å². The molecule has 2 heteroatoms. The van der Waals surface area contributed by atoms with Gasteiger partial charge in [0.15, 0.2) is 0 Å². The van der Waals surface area contributed by atoms with Gasteiger partial charge in [-0.1, -0.05) is 39.3 Å². The normalized spacial score (nSPS) is 11.6. The Kier molecular flexibility index (Phi) is 16.3. The fourth-order valence-electron chi connectivity index (χ4n) is 1.03. The van der Waals surface area contributed by atoms with Crippen LogP contribution in [-0.4, -0.2) is 17.7 Å². The highest BCUT2D eigenvalue weighted by molar-refractivity contribution is 5.72. The van der Waals surface area contributed by atoms with Crippen LogP contribution < -0.4 is 0 Å². The van der Waals surface area contributed by atoms with Crippen molar-refractivity contribution in [1.82, 2.24) is 4.98 Å². The molecule has 0 amide bonds. The predicted molar refractivity (Wildman–Crippen MR) is 83.4 cm³/mol. The number of hydrogen-bond acceptors (Lipinski definition) is 2. The van der Waals surface area contributed by atoms with Gasteiger partial charge in [-0.05, 0) is 38.5 Å². The summed E-state index contributed by atoms with van der Waals surface area (Å²) in [6.45, 7) is 13.1. The second-order valence-electron chi connectivity index (χ2n) is 3.29. The predicted octanol–water partition coefficient (Wildman–Crippen LogP) is 4.85. The lowest BCUT2D eigenvalue weighted by atomic mass is 10.2. The molecule has 1 aliphatic heterocycles. The van der Waals surface area contributed by atoms with Crippen molar-refractivity contribution >= 4 is 6.21 Å². The number of aryl methyl sites for hydroxylation is 1. The number of rotatable bonds is 0. The van der Waals surface area contributed by atoms with Gasteiger partial charge in [0, 0.05) is 24.7 Å². The first-order valence-corrected chi connectivity index (χ1v) is 6.82. The topological polar surface area (TPSA) is 25.2 Å². The zero-order valence-electron chi connectivity index (χ0n) is 12.8. The zero-order valence-corrected chi connectivity index (χ0v) is 12.8. The van der Waals surface area contributed by atoms with E-state index in [1.807, 2.05) is 59.0 Å².